The molecule has 0 bridgehead atoms. The van der Waals surface area contributed by atoms with E-state index in [4.69, 9.17) is 5.73 Å². The fourth-order valence-corrected chi connectivity index (χ4v) is 3.38. The third-order valence-corrected chi connectivity index (χ3v) is 4.43. The van der Waals surface area contributed by atoms with E-state index in [1.54, 1.807) is 11.3 Å². The monoisotopic (exact) mass is 332 g/mol. The first-order valence-corrected chi connectivity index (χ1v) is 8.18. The van der Waals surface area contributed by atoms with Gasteiger partial charge in [-0.25, -0.2) is 4.98 Å². The minimum atomic E-state index is 0. The molecule has 0 radical (unpaired) electrons. The molecule has 1 aromatic heterocycles. The summed E-state index contributed by atoms with van der Waals surface area (Å²) in [6.45, 7) is 5.93. The third kappa shape index (κ3) is 6.20. The Morgan fingerprint density at radius 1 is 1.62 bits per heavy atom. The van der Waals surface area contributed by atoms with Crippen LogP contribution in [-0.4, -0.2) is 35.4 Å². The number of carbonyl (C=O) groups excluding carboxylic acids is 1. The standard InChI is InChI=1S/C14H24N4OS.ClH/c1-2-4-13(19)16-7-11-5-3-6-18(9-11)10-12-8-17-14(15)20-12;/h8,11H,2-7,9-10H2,1H3,(H2,15,17)(H,16,19);1H. The Hall–Kier alpha value is -0.850. The van der Waals surface area contributed by atoms with Crippen molar-refractivity contribution in [2.24, 2.45) is 5.92 Å². The normalized spacial score (nSPS) is 19.0. The molecule has 2 heterocycles. The summed E-state index contributed by atoms with van der Waals surface area (Å²) >= 11 is 1.56. The fourth-order valence-electron chi connectivity index (χ4n) is 2.65. The average Bonchev–Trinajstić information content (AvgIpc) is 2.83. The van der Waals surface area contributed by atoms with Gasteiger partial charge in [0.15, 0.2) is 5.13 Å². The largest absolute Gasteiger partial charge is 0.375 e. The van der Waals surface area contributed by atoms with Crippen molar-refractivity contribution in [2.75, 3.05) is 25.4 Å². The van der Waals surface area contributed by atoms with Crippen molar-refractivity contribution < 1.29 is 4.79 Å². The van der Waals surface area contributed by atoms with Crippen molar-refractivity contribution in [3.63, 3.8) is 0 Å². The zero-order valence-corrected chi connectivity index (χ0v) is 14.1. The summed E-state index contributed by atoms with van der Waals surface area (Å²) < 4.78 is 0. The number of nitrogen functional groups attached to an aromatic ring is 1. The number of amides is 1. The van der Waals surface area contributed by atoms with Crippen LogP contribution in [0.2, 0.25) is 0 Å². The number of nitrogens with zero attached hydrogens (tertiary/aromatic N) is 2. The number of piperidine rings is 1. The number of anilines is 1. The van der Waals surface area contributed by atoms with E-state index < -0.39 is 0 Å². The van der Waals surface area contributed by atoms with Gasteiger partial charge in [-0.1, -0.05) is 6.92 Å². The van der Waals surface area contributed by atoms with Crippen LogP contribution in [0.1, 0.15) is 37.5 Å². The van der Waals surface area contributed by atoms with Crippen LogP contribution in [-0.2, 0) is 11.3 Å². The van der Waals surface area contributed by atoms with Crippen molar-refractivity contribution in [3.8, 4) is 0 Å². The van der Waals surface area contributed by atoms with Gasteiger partial charge in [0.1, 0.15) is 0 Å². The Morgan fingerprint density at radius 3 is 3.10 bits per heavy atom. The van der Waals surface area contributed by atoms with Crippen LogP contribution in [0.3, 0.4) is 0 Å². The Kier molecular flexibility index (Phi) is 8.00. The van der Waals surface area contributed by atoms with E-state index in [0.717, 1.165) is 32.6 Å². The van der Waals surface area contributed by atoms with E-state index in [0.29, 0.717) is 17.5 Å². The molecule has 1 aliphatic rings. The van der Waals surface area contributed by atoms with E-state index in [2.05, 4.69) is 15.2 Å². The highest BCUT2D eigenvalue weighted by molar-refractivity contribution is 7.15. The number of hydrogen-bond acceptors (Lipinski definition) is 5. The summed E-state index contributed by atoms with van der Waals surface area (Å²) in [6, 6.07) is 0. The van der Waals surface area contributed by atoms with Crippen molar-refractivity contribution in [2.45, 2.75) is 39.2 Å². The molecule has 7 heteroatoms. The van der Waals surface area contributed by atoms with E-state index >= 15 is 0 Å². The summed E-state index contributed by atoms with van der Waals surface area (Å²) in [5.74, 6) is 0.745. The molecular weight excluding hydrogens is 308 g/mol. The first-order valence-electron chi connectivity index (χ1n) is 7.36. The van der Waals surface area contributed by atoms with Gasteiger partial charge in [-0.2, -0.15) is 0 Å². The van der Waals surface area contributed by atoms with Crippen LogP contribution in [0.5, 0.6) is 0 Å². The number of likely N-dealkylation sites (tertiary alicyclic amines) is 1. The number of rotatable bonds is 6. The lowest BCUT2D eigenvalue weighted by Gasteiger charge is -2.32. The van der Waals surface area contributed by atoms with Crippen molar-refractivity contribution in [1.29, 1.82) is 0 Å². The van der Waals surface area contributed by atoms with Crippen LogP contribution in [0.25, 0.3) is 0 Å². The highest BCUT2D eigenvalue weighted by atomic mass is 35.5. The minimum Gasteiger partial charge on any atom is -0.375 e. The number of carbonyl (C=O) groups is 1. The maximum absolute atomic E-state index is 11.5. The number of hydrogen-bond donors (Lipinski definition) is 2. The Labute approximate surface area is 136 Å². The smallest absolute Gasteiger partial charge is 0.219 e. The van der Waals surface area contributed by atoms with Crippen LogP contribution in [0, 0.1) is 5.92 Å². The van der Waals surface area contributed by atoms with Crippen molar-refractivity contribution >= 4 is 34.8 Å². The maximum Gasteiger partial charge on any atom is 0.219 e. The second-order valence-electron chi connectivity index (χ2n) is 5.46. The van der Waals surface area contributed by atoms with Gasteiger partial charge < -0.3 is 11.1 Å². The molecule has 0 spiro atoms. The maximum atomic E-state index is 11.5. The van der Waals surface area contributed by atoms with Gasteiger partial charge >= 0.3 is 0 Å². The van der Waals surface area contributed by atoms with Gasteiger partial charge in [0.25, 0.3) is 0 Å². The molecule has 1 aliphatic heterocycles. The van der Waals surface area contributed by atoms with E-state index in [1.165, 1.54) is 17.7 Å². The number of halogens is 1. The summed E-state index contributed by atoms with van der Waals surface area (Å²) in [4.78, 5) is 19.3. The molecule has 0 saturated carbocycles. The van der Waals surface area contributed by atoms with Gasteiger partial charge in [-0.15, -0.1) is 23.7 Å². The van der Waals surface area contributed by atoms with E-state index in [1.807, 2.05) is 13.1 Å². The molecule has 3 N–H and O–H groups in total. The van der Waals surface area contributed by atoms with Crippen molar-refractivity contribution in [3.05, 3.63) is 11.1 Å². The van der Waals surface area contributed by atoms with E-state index in [9.17, 15) is 4.79 Å². The molecule has 1 saturated heterocycles. The molecular formula is C14H25ClN4OS. The number of nitrogens with one attached hydrogen (secondary N) is 1. The molecule has 1 fully saturated rings. The van der Waals surface area contributed by atoms with Crippen LogP contribution >= 0.6 is 23.7 Å². The molecule has 1 amide bonds. The topological polar surface area (TPSA) is 71.2 Å². The van der Waals surface area contributed by atoms with Gasteiger partial charge in [0.2, 0.25) is 5.91 Å². The minimum absolute atomic E-state index is 0. The summed E-state index contributed by atoms with van der Waals surface area (Å²) in [5.41, 5.74) is 5.66. The second kappa shape index (κ2) is 9.23. The average molecular weight is 333 g/mol. The molecule has 1 unspecified atom stereocenters. The molecule has 5 nitrogen and oxygen atoms in total. The summed E-state index contributed by atoms with van der Waals surface area (Å²) in [5, 5.41) is 3.69. The predicted molar refractivity (Wildman–Crippen MR) is 89.7 cm³/mol. The third-order valence-electron chi connectivity index (χ3n) is 3.62. The van der Waals surface area contributed by atoms with E-state index in [-0.39, 0.29) is 18.3 Å². The molecule has 2 rings (SSSR count). The number of nitrogens with two attached hydrogens (primary N) is 1. The van der Waals surface area contributed by atoms with Gasteiger partial charge in [-0.3, -0.25) is 9.69 Å². The van der Waals surface area contributed by atoms with Crippen LogP contribution in [0.4, 0.5) is 5.13 Å². The number of aromatic nitrogens is 1. The molecule has 0 aromatic carbocycles. The quantitative estimate of drug-likeness (QED) is 0.838. The van der Waals surface area contributed by atoms with Crippen LogP contribution in [0.15, 0.2) is 6.20 Å². The molecule has 0 aliphatic carbocycles. The highest BCUT2D eigenvalue weighted by Crippen LogP contribution is 2.21. The predicted octanol–water partition coefficient (Wildman–Crippen LogP) is 2.28. The SMILES string of the molecule is CCCC(=O)NCC1CCCN(Cc2cnc(N)s2)C1.Cl. The summed E-state index contributed by atoms with van der Waals surface area (Å²) in [6.07, 6.45) is 5.81. The first-order chi connectivity index (χ1) is 9.67. The van der Waals surface area contributed by atoms with Gasteiger partial charge in [-0.05, 0) is 31.7 Å². The Morgan fingerprint density at radius 2 is 2.43 bits per heavy atom. The van der Waals surface area contributed by atoms with Crippen LogP contribution < -0.4 is 11.1 Å². The molecule has 120 valence electrons. The Bertz CT molecular complexity index is 440. The molecule has 21 heavy (non-hydrogen) atoms. The summed E-state index contributed by atoms with van der Waals surface area (Å²) in [7, 11) is 0. The zero-order valence-electron chi connectivity index (χ0n) is 12.5. The second-order valence-corrected chi connectivity index (χ2v) is 6.61. The van der Waals surface area contributed by atoms with Gasteiger partial charge in [0.05, 0.1) is 0 Å². The highest BCUT2D eigenvalue weighted by Gasteiger charge is 2.20. The lowest BCUT2D eigenvalue weighted by molar-refractivity contribution is -0.121. The zero-order chi connectivity index (χ0) is 14.4. The number of thiazole rings is 1. The molecule has 1 atom stereocenters. The van der Waals surface area contributed by atoms with Crippen molar-refractivity contribution in [1.82, 2.24) is 15.2 Å². The first kappa shape index (κ1) is 18.2. The lowest BCUT2D eigenvalue weighted by atomic mass is 9.98. The molecule has 1 aromatic rings. The van der Waals surface area contributed by atoms with Gasteiger partial charge in [0, 0.05) is 37.1 Å². The Balaban J connectivity index is 0.00000220. The fraction of sp³-hybridized carbons (Fsp3) is 0.714. The lowest BCUT2D eigenvalue weighted by Crippen LogP contribution is -2.40.